The van der Waals surface area contributed by atoms with Crippen molar-refractivity contribution in [2.24, 2.45) is 0 Å². The Morgan fingerprint density at radius 3 is 2.65 bits per heavy atom. The number of Topliss-reactive ketones (excluding diaryl/α,β-unsaturated/α-hetero) is 1. The molecule has 17 heavy (non-hydrogen) atoms. The molecule has 2 aliphatic heterocycles. The van der Waals surface area contributed by atoms with Crippen molar-refractivity contribution in [1.82, 2.24) is 0 Å². The van der Waals surface area contributed by atoms with Crippen molar-refractivity contribution in [3.63, 3.8) is 0 Å². The molecule has 0 aromatic heterocycles. The average Bonchev–Trinajstić information content (AvgIpc) is 2.68. The molecular formula is C14H15NO2. The van der Waals surface area contributed by atoms with E-state index in [9.17, 15) is 9.59 Å². The number of hydrogen-bond acceptors (Lipinski definition) is 2. The number of carbonyl (C=O) groups excluding carboxylic acids is 2. The summed E-state index contributed by atoms with van der Waals surface area (Å²) in [7, 11) is 0. The van der Waals surface area contributed by atoms with Crippen LogP contribution in [0.15, 0.2) is 12.1 Å². The molecule has 0 spiro atoms. The summed E-state index contributed by atoms with van der Waals surface area (Å²) in [5.41, 5.74) is 4.72. The molecule has 0 aliphatic carbocycles. The van der Waals surface area contributed by atoms with Crippen LogP contribution in [0, 0.1) is 0 Å². The minimum absolute atomic E-state index is 0.193. The number of aryl methyl sites for hydroxylation is 1. The highest BCUT2D eigenvalue weighted by molar-refractivity contribution is 5.98. The molecule has 0 fully saturated rings. The van der Waals surface area contributed by atoms with E-state index in [1.54, 1.807) is 6.92 Å². The number of carbonyl (C=O) groups is 2. The van der Waals surface area contributed by atoms with Crippen LogP contribution in [-0.4, -0.2) is 18.2 Å². The van der Waals surface area contributed by atoms with Gasteiger partial charge in [0.15, 0.2) is 0 Å². The maximum atomic E-state index is 11.8. The number of ketones is 1. The number of benzene rings is 1. The topological polar surface area (TPSA) is 37.4 Å². The lowest BCUT2D eigenvalue weighted by atomic mass is 9.95. The van der Waals surface area contributed by atoms with E-state index in [1.807, 2.05) is 4.90 Å². The van der Waals surface area contributed by atoms with E-state index in [0.29, 0.717) is 12.8 Å². The molecule has 88 valence electrons. The van der Waals surface area contributed by atoms with Crippen LogP contribution in [0.4, 0.5) is 5.69 Å². The first-order chi connectivity index (χ1) is 8.15. The van der Waals surface area contributed by atoms with Gasteiger partial charge < -0.3 is 4.90 Å². The Labute approximate surface area is 100 Å². The molecule has 0 saturated heterocycles. The highest BCUT2D eigenvalue weighted by atomic mass is 16.2. The maximum Gasteiger partial charge on any atom is 0.227 e. The van der Waals surface area contributed by atoms with Gasteiger partial charge in [-0.15, -0.1) is 0 Å². The van der Waals surface area contributed by atoms with Crippen LogP contribution in [0.1, 0.15) is 30.0 Å². The summed E-state index contributed by atoms with van der Waals surface area (Å²) in [6.07, 6.45) is 2.87. The van der Waals surface area contributed by atoms with Gasteiger partial charge in [0.1, 0.15) is 5.78 Å². The predicted molar refractivity (Wildman–Crippen MR) is 65.2 cm³/mol. The van der Waals surface area contributed by atoms with Crippen molar-refractivity contribution in [1.29, 1.82) is 0 Å². The van der Waals surface area contributed by atoms with Crippen molar-refractivity contribution in [3.05, 3.63) is 28.8 Å². The summed E-state index contributed by atoms with van der Waals surface area (Å²) >= 11 is 0. The maximum absolute atomic E-state index is 11.8. The second-order valence-corrected chi connectivity index (χ2v) is 4.94. The lowest BCUT2D eigenvalue weighted by Crippen LogP contribution is -2.32. The Kier molecular flexibility index (Phi) is 2.28. The van der Waals surface area contributed by atoms with E-state index in [-0.39, 0.29) is 11.7 Å². The summed E-state index contributed by atoms with van der Waals surface area (Å²) in [6.45, 7) is 2.43. The Hall–Kier alpha value is -1.64. The molecule has 0 bridgehead atoms. The first kappa shape index (κ1) is 10.5. The van der Waals surface area contributed by atoms with Crippen molar-refractivity contribution in [2.45, 2.75) is 32.6 Å². The van der Waals surface area contributed by atoms with Gasteiger partial charge in [0.05, 0.1) is 5.69 Å². The first-order valence-corrected chi connectivity index (χ1v) is 6.09. The molecule has 0 unspecified atom stereocenters. The summed E-state index contributed by atoms with van der Waals surface area (Å²) in [6, 6.07) is 4.20. The number of hydrogen-bond donors (Lipinski definition) is 0. The van der Waals surface area contributed by atoms with Crippen LogP contribution in [-0.2, 0) is 28.9 Å². The SMILES string of the molecule is CC(=O)Cc1cc2c3c(c1)CCN3C(=O)CC2. The summed E-state index contributed by atoms with van der Waals surface area (Å²) < 4.78 is 0. The second kappa shape index (κ2) is 3.69. The zero-order valence-electron chi connectivity index (χ0n) is 9.95. The summed E-state index contributed by atoms with van der Waals surface area (Å²) in [4.78, 5) is 24.8. The molecule has 3 heteroatoms. The van der Waals surface area contributed by atoms with E-state index in [1.165, 1.54) is 11.1 Å². The third-order valence-electron chi connectivity index (χ3n) is 3.56. The van der Waals surface area contributed by atoms with Crippen molar-refractivity contribution in [2.75, 3.05) is 11.4 Å². The number of amides is 1. The molecule has 1 aromatic carbocycles. The van der Waals surface area contributed by atoms with E-state index >= 15 is 0 Å². The van der Waals surface area contributed by atoms with Gasteiger partial charge in [-0.2, -0.15) is 0 Å². The van der Waals surface area contributed by atoms with Gasteiger partial charge in [-0.05, 0) is 36.5 Å². The van der Waals surface area contributed by atoms with Gasteiger partial charge in [-0.25, -0.2) is 0 Å². The van der Waals surface area contributed by atoms with Gasteiger partial charge in [0.2, 0.25) is 5.91 Å². The zero-order chi connectivity index (χ0) is 12.0. The van der Waals surface area contributed by atoms with Crippen LogP contribution in [0.2, 0.25) is 0 Å². The van der Waals surface area contributed by atoms with Gasteiger partial charge in [0, 0.05) is 19.4 Å². The molecule has 0 atom stereocenters. The van der Waals surface area contributed by atoms with Crippen molar-refractivity contribution < 1.29 is 9.59 Å². The normalized spacial score (nSPS) is 17.2. The molecular weight excluding hydrogens is 214 g/mol. The minimum Gasteiger partial charge on any atom is -0.312 e. The van der Waals surface area contributed by atoms with E-state index < -0.39 is 0 Å². The second-order valence-electron chi connectivity index (χ2n) is 4.94. The zero-order valence-corrected chi connectivity index (χ0v) is 9.95. The quantitative estimate of drug-likeness (QED) is 0.773. The largest absolute Gasteiger partial charge is 0.312 e. The Bertz CT molecular complexity index is 519. The highest BCUT2D eigenvalue weighted by Crippen LogP contribution is 2.37. The van der Waals surface area contributed by atoms with E-state index in [0.717, 1.165) is 30.6 Å². The molecule has 2 aliphatic rings. The summed E-state index contributed by atoms with van der Waals surface area (Å²) in [5, 5.41) is 0. The predicted octanol–water partition coefficient (Wildman–Crippen LogP) is 1.65. The molecule has 1 aromatic rings. The van der Waals surface area contributed by atoms with E-state index in [4.69, 9.17) is 0 Å². The minimum atomic E-state index is 0.193. The fraction of sp³-hybridized carbons (Fsp3) is 0.429. The third-order valence-corrected chi connectivity index (χ3v) is 3.56. The highest BCUT2D eigenvalue weighted by Gasteiger charge is 2.31. The lowest BCUT2D eigenvalue weighted by molar-refractivity contribution is -0.119. The van der Waals surface area contributed by atoms with Crippen molar-refractivity contribution in [3.8, 4) is 0 Å². The van der Waals surface area contributed by atoms with Crippen LogP contribution < -0.4 is 4.90 Å². The lowest BCUT2D eigenvalue weighted by Gasteiger charge is -2.25. The van der Waals surface area contributed by atoms with Gasteiger partial charge in [0.25, 0.3) is 0 Å². The van der Waals surface area contributed by atoms with Gasteiger partial charge in [-0.1, -0.05) is 12.1 Å². The molecule has 1 amide bonds. The fourth-order valence-corrected chi connectivity index (χ4v) is 2.92. The molecule has 2 heterocycles. The average molecular weight is 229 g/mol. The van der Waals surface area contributed by atoms with E-state index in [2.05, 4.69) is 12.1 Å². The smallest absolute Gasteiger partial charge is 0.227 e. The molecule has 0 N–H and O–H groups in total. The van der Waals surface area contributed by atoms with Crippen LogP contribution in [0.25, 0.3) is 0 Å². The number of rotatable bonds is 2. The standard InChI is InChI=1S/C14H15NO2/c1-9(16)6-10-7-11-2-3-13(17)15-5-4-12(8-10)14(11)15/h7-8H,2-6H2,1H3. The third kappa shape index (κ3) is 1.66. The monoisotopic (exact) mass is 229 g/mol. The Morgan fingerprint density at radius 2 is 1.94 bits per heavy atom. The van der Waals surface area contributed by atoms with Crippen LogP contribution >= 0.6 is 0 Å². The van der Waals surface area contributed by atoms with Crippen LogP contribution in [0.3, 0.4) is 0 Å². The van der Waals surface area contributed by atoms with Gasteiger partial charge in [-0.3, -0.25) is 9.59 Å². The first-order valence-electron chi connectivity index (χ1n) is 6.09. The molecule has 0 saturated carbocycles. The molecule has 0 radical (unpaired) electrons. The summed E-state index contributed by atoms with van der Waals surface area (Å²) in [5.74, 6) is 0.439. The van der Waals surface area contributed by atoms with Crippen LogP contribution in [0.5, 0.6) is 0 Å². The Morgan fingerprint density at radius 1 is 1.24 bits per heavy atom. The Balaban J connectivity index is 2.07. The van der Waals surface area contributed by atoms with Gasteiger partial charge >= 0.3 is 0 Å². The molecule has 3 rings (SSSR count). The number of nitrogens with zero attached hydrogens (tertiary/aromatic N) is 1. The number of anilines is 1. The van der Waals surface area contributed by atoms with Crippen molar-refractivity contribution >= 4 is 17.4 Å². The molecule has 3 nitrogen and oxygen atoms in total. The fourth-order valence-electron chi connectivity index (χ4n) is 2.92.